The molecule has 0 spiro atoms. The van der Waals surface area contributed by atoms with Crippen molar-refractivity contribution in [1.82, 2.24) is 10.2 Å². The van der Waals surface area contributed by atoms with Crippen molar-refractivity contribution in [3.05, 3.63) is 40.4 Å². The maximum absolute atomic E-state index is 12.7. The first kappa shape index (κ1) is 18.3. The van der Waals surface area contributed by atoms with Gasteiger partial charge in [-0.25, -0.2) is 0 Å². The normalized spacial score (nSPS) is 27.0. The van der Waals surface area contributed by atoms with Gasteiger partial charge in [0.25, 0.3) is 0 Å². The van der Waals surface area contributed by atoms with E-state index in [4.69, 9.17) is 44.9 Å². The van der Waals surface area contributed by atoms with E-state index in [0.29, 0.717) is 33.0 Å². The molecule has 2 bridgehead atoms. The van der Waals surface area contributed by atoms with Crippen LogP contribution < -0.4 is 10.1 Å². The van der Waals surface area contributed by atoms with Crippen LogP contribution in [0.25, 0.3) is 0 Å². The molecule has 134 valence electrons. The number of hydrogen-bond donors (Lipinski definition) is 1. The average Bonchev–Trinajstić information content (AvgIpc) is 2.53. The van der Waals surface area contributed by atoms with E-state index >= 15 is 0 Å². The molecule has 1 fully saturated rings. The number of ether oxygens (including phenoxy) is 2. The summed E-state index contributed by atoms with van der Waals surface area (Å²) in [5, 5.41) is 4.53. The van der Waals surface area contributed by atoms with Gasteiger partial charge in [0, 0.05) is 17.1 Å². The molecule has 2 aliphatic heterocycles. The van der Waals surface area contributed by atoms with Crippen LogP contribution in [-0.2, 0) is 9.53 Å². The Balaban J connectivity index is 2.20. The van der Waals surface area contributed by atoms with E-state index in [-0.39, 0.29) is 12.6 Å². The molecule has 1 saturated heterocycles. The highest BCUT2D eigenvalue weighted by atomic mass is 35.5. The van der Waals surface area contributed by atoms with Crippen molar-refractivity contribution in [3.63, 3.8) is 0 Å². The van der Waals surface area contributed by atoms with Gasteiger partial charge in [0.05, 0.1) is 17.7 Å². The van der Waals surface area contributed by atoms with E-state index in [1.807, 2.05) is 6.92 Å². The van der Waals surface area contributed by atoms with Gasteiger partial charge < -0.3 is 19.7 Å². The highest BCUT2D eigenvalue weighted by Crippen LogP contribution is 2.51. The second kappa shape index (κ2) is 6.67. The third kappa shape index (κ3) is 2.86. The molecule has 3 unspecified atom stereocenters. The fourth-order valence-corrected chi connectivity index (χ4v) is 4.39. The Labute approximate surface area is 161 Å². The van der Waals surface area contributed by atoms with Crippen molar-refractivity contribution in [2.75, 3.05) is 13.2 Å². The number of halogens is 2. The maximum Gasteiger partial charge on any atom is 0.317 e. The Morgan fingerprint density at radius 3 is 2.92 bits per heavy atom. The van der Waals surface area contributed by atoms with Crippen LogP contribution in [0.2, 0.25) is 10.0 Å². The largest absolute Gasteiger partial charge is 0.466 e. The quantitative estimate of drug-likeness (QED) is 0.472. The van der Waals surface area contributed by atoms with Crippen molar-refractivity contribution in [2.45, 2.75) is 25.6 Å². The Morgan fingerprint density at radius 2 is 2.28 bits per heavy atom. The molecule has 3 atom stereocenters. The topological polar surface area (TPSA) is 50.8 Å². The molecular formula is C17H18Cl2N2O3S. The molecule has 2 heterocycles. The Morgan fingerprint density at radius 1 is 1.56 bits per heavy atom. The molecule has 0 saturated carbocycles. The summed E-state index contributed by atoms with van der Waals surface area (Å²) in [4.78, 5) is 14.5. The maximum atomic E-state index is 12.7. The number of nitrogens with zero attached hydrogens (tertiary/aromatic N) is 1. The first-order valence-electron chi connectivity index (χ1n) is 7.87. The minimum atomic E-state index is -1.06. The monoisotopic (exact) mass is 400 g/mol. The Hall–Kier alpha value is -1.50. The lowest BCUT2D eigenvalue weighted by Crippen LogP contribution is -2.71. The van der Waals surface area contributed by atoms with Crippen molar-refractivity contribution in [3.8, 4) is 5.75 Å². The van der Waals surface area contributed by atoms with Gasteiger partial charge in [0.15, 0.2) is 10.8 Å². The fraction of sp³-hybridized carbons (Fsp3) is 0.412. The summed E-state index contributed by atoms with van der Waals surface area (Å²) in [5.41, 5.74) is -0.369. The number of nitrogens with one attached hydrogen (secondary N) is 1. The van der Waals surface area contributed by atoms with Gasteiger partial charge in [-0.15, -0.1) is 6.58 Å². The van der Waals surface area contributed by atoms with Crippen LogP contribution in [0.4, 0.5) is 0 Å². The zero-order valence-electron chi connectivity index (χ0n) is 13.8. The third-order valence-electron chi connectivity index (χ3n) is 4.50. The zero-order chi connectivity index (χ0) is 18.4. The minimum Gasteiger partial charge on any atom is -0.466 e. The van der Waals surface area contributed by atoms with Crippen molar-refractivity contribution < 1.29 is 14.3 Å². The van der Waals surface area contributed by atoms with Gasteiger partial charge in [-0.3, -0.25) is 4.79 Å². The molecule has 1 aromatic carbocycles. The van der Waals surface area contributed by atoms with Crippen LogP contribution in [0.5, 0.6) is 5.75 Å². The highest BCUT2D eigenvalue weighted by Gasteiger charge is 2.59. The molecule has 5 nitrogen and oxygen atoms in total. The van der Waals surface area contributed by atoms with Gasteiger partial charge in [0.1, 0.15) is 11.7 Å². The van der Waals surface area contributed by atoms with E-state index < -0.39 is 17.7 Å². The number of benzene rings is 1. The highest BCUT2D eigenvalue weighted by molar-refractivity contribution is 7.80. The van der Waals surface area contributed by atoms with E-state index in [2.05, 4.69) is 11.9 Å². The number of fused-ring (bicyclic) bond motifs is 4. The molecule has 0 aromatic heterocycles. The summed E-state index contributed by atoms with van der Waals surface area (Å²) >= 11 is 18.0. The predicted molar refractivity (Wildman–Crippen MR) is 101 cm³/mol. The minimum absolute atomic E-state index is 0.271. The Bertz CT molecular complexity index is 758. The molecular weight excluding hydrogens is 383 g/mol. The van der Waals surface area contributed by atoms with Crippen LogP contribution in [0.3, 0.4) is 0 Å². The lowest BCUT2D eigenvalue weighted by molar-refractivity contribution is -0.174. The molecule has 2 aliphatic rings. The summed E-state index contributed by atoms with van der Waals surface area (Å²) in [7, 11) is 0. The van der Waals surface area contributed by atoms with Gasteiger partial charge in [-0.2, -0.15) is 0 Å². The molecule has 3 rings (SSSR count). The van der Waals surface area contributed by atoms with E-state index in [9.17, 15) is 4.79 Å². The molecule has 1 N–H and O–H groups in total. The van der Waals surface area contributed by atoms with Crippen LogP contribution in [0.15, 0.2) is 24.8 Å². The summed E-state index contributed by atoms with van der Waals surface area (Å²) in [6.07, 6.45) is 1.70. The number of esters is 1. The Kier molecular flexibility index (Phi) is 4.88. The van der Waals surface area contributed by atoms with Crippen molar-refractivity contribution >= 4 is 46.5 Å². The second-order valence-corrected chi connectivity index (χ2v) is 7.25. The number of hydrogen-bond acceptors (Lipinski definition) is 4. The zero-order valence-corrected chi connectivity index (χ0v) is 16.2. The molecule has 1 aromatic rings. The van der Waals surface area contributed by atoms with Gasteiger partial charge >= 0.3 is 5.97 Å². The van der Waals surface area contributed by atoms with Crippen LogP contribution in [0, 0.1) is 5.92 Å². The van der Waals surface area contributed by atoms with E-state index in [1.165, 1.54) is 0 Å². The van der Waals surface area contributed by atoms with Gasteiger partial charge in [-0.1, -0.05) is 29.3 Å². The molecule has 8 heteroatoms. The summed E-state index contributed by atoms with van der Waals surface area (Å²) in [6.45, 7) is 8.02. The number of carbonyl (C=O) groups is 1. The molecule has 25 heavy (non-hydrogen) atoms. The first-order chi connectivity index (χ1) is 11.8. The summed E-state index contributed by atoms with van der Waals surface area (Å²) in [5.74, 6) is -0.537. The second-order valence-electron chi connectivity index (χ2n) is 6.02. The predicted octanol–water partition coefficient (Wildman–Crippen LogP) is 3.70. The fourth-order valence-electron chi connectivity index (χ4n) is 3.45. The third-order valence-corrected chi connectivity index (χ3v) is 5.34. The van der Waals surface area contributed by atoms with Crippen molar-refractivity contribution in [1.29, 1.82) is 0 Å². The molecule has 0 amide bonds. The van der Waals surface area contributed by atoms with Crippen LogP contribution in [-0.4, -0.2) is 34.9 Å². The van der Waals surface area contributed by atoms with E-state index in [1.54, 1.807) is 30.0 Å². The smallest absolute Gasteiger partial charge is 0.317 e. The summed E-state index contributed by atoms with van der Waals surface area (Å²) < 4.78 is 11.6. The van der Waals surface area contributed by atoms with E-state index in [0.717, 1.165) is 0 Å². The van der Waals surface area contributed by atoms with Gasteiger partial charge in [-0.05, 0) is 38.2 Å². The van der Waals surface area contributed by atoms with Crippen LogP contribution in [0.1, 0.15) is 25.5 Å². The molecule has 0 aliphatic carbocycles. The SMILES string of the molecule is C=CCN1C(=S)NC2c3cc(Cl)cc(Cl)c3OC1(C)C2C(=O)OCC. The standard InChI is InChI=1S/C17H18Cl2N2O3S/c1-4-6-21-16(25)20-13-10-7-9(18)8-11(19)14(10)24-17(21,3)12(13)15(22)23-5-2/h4,7-8,12-13H,1,5-6H2,2-3H3,(H,20,25). The summed E-state index contributed by atoms with van der Waals surface area (Å²) in [6, 6.07) is 2.90. The lowest BCUT2D eigenvalue weighted by Gasteiger charge is -2.55. The lowest BCUT2D eigenvalue weighted by atomic mass is 9.79. The number of rotatable bonds is 4. The number of carbonyl (C=O) groups excluding carboxylic acids is 1. The number of thiocarbonyl (C=S) groups is 1. The van der Waals surface area contributed by atoms with Crippen LogP contribution >= 0.6 is 35.4 Å². The van der Waals surface area contributed by atoms with Crippen molar-refractivity contribution in [2.24, 2.45) is 5.92 Å². The first-order valence-corrected chi connectivity index (χ1v) is 9.03. The molecule has 0 radical (unpaired) electrons. The average molecular weight is 401 g/mol. The van der Waals surface area contributed by atoms with Gasteiger partial charge in [0.2, 0.25) is 0 Å².